The maximum Gasteiger partial charge on any atom is 0.112 e. The Kier molecular flexibility index (Phi) is 5.52. The Balaban J connectivity index is 1.80. The van der Waals surface area contributed by atoms with Gasteiger partial charge in [0.2, 0.25) is 0 Å². The minimum absolute atomic E-state index is 0.139. The van der Waals surface area contributed by atoms with Crippen molar-refractivity contribution in [2.45, 2.75) is 32.7 Å². The summed E-state index contributed by atoms with van der Waals surface area (Å²) in [5.41, 5.74) is 10.9. The Morgan fingerprint density at radius 3 is 2.47 bits per heavy atom. The highest BCUT2D eigenvalue weighted by molar-refractivity contribution is 6.12. The number of aromatic nitrogens is 6. The van der Waals surface area contributed by atoms with Crippen molar-refractivity contribution >= 4 is 27.6 Å². The summed E-state index contributed by atoms with van der Waals surface area (Å²) in [5.74, 6) is 0.437. The lowest BCUT2D eigenvalue weighted by molar-refractivity contribution is 0.0553. The number of ether oxygens (including phenoxy) is 1. The average molecular weight is 481 g/mol. The number of pyridine rings is 1. The Hall–Kier alpha value is -3.71. The molecule has 1 aliphatic rings. The molecule has 1 saturated heterocycles. The molecule has 0 radical (unpaired) electrons. The first-order valence-electron chi connectivity index (χ1n) is 12.6. The van der Waals surface area contributed by atoms with Gasteiger partial charge in [-0.15, -0.1) is 5.10 Å². The number of hydrogen-bond acceptors (Lipinski definition) is 4. The Bertz CT molecular complexity index is 1560. The van der Waals surface area contributed by atoms with E-state index < -0.39 is 0 Å². The van der Waals surface area contributed by atoms with Crippen LogP contribution in [0.3, 0.4) is 0 Å². The van der Waals surface area contributed by atoms with Gasteiger partial charge in [0.15, 0.2) is 0 Å². The number of nitrogens with zero attached hydrogens (tertiary/aromatic N) is 6. The molecule has 6 rings (SSSR count). The second kappa shape index (κ2) is 8.75. The first kappa shape index (κ1) is 22.7. The number of hydrogen-bond donors (Lipinski definition) is 0. The molecule has 0 amide bonds. The SMILES string of the molecule is C=C(C)c1c(-c2c(C)nnn2C)c2c(c3ncccc3n2C(c2ccccc2)C2CCOCC2)n1C. The molecule has 1 fully saturated rings. The van der Waals surface area contributed by atoms with Crippen molar-refractivity contribution < 1.29 is 4.74 Å². The number of rotatable bonds is 5. The third kappa shape index (κ3) is 3.33. The fourth-order valence-corrected chi connectivity index (χ4v) is 6.20. The van der Waals surface area contributed by atoms with E-state index in [4.69, 9.17) is 9.72 Å². The van der Waals surface area contributed by atoms with E-state index in [1.807, 2.05) is 30.9 Å². The molecule has 0 saturated carbocycles. The van der Waals surface area contributed by atoms with Gasteiger partial charge in [0.25, 0.3) is 0 Å². The van der Waals surface area contributed by atoms with E-state index in [9.17, 15) is 0 Å². The van der Waals surface area contributed by atoms with Gasteiger partial charge in [0, 0.05) is 33.5 Å². The van der Waals surface area contributed by atoms with Crippen LogP contribution in [0.1, 0.15) is 42.8 Å². The van der Waals surface area contributed by atoms with E-state index in [1.54, 1.807) is 0 Å². The third-order valence-corrected chi connectivity index (χ3v) is 7.65. The zero-order valence-electron chi connectivity index (χ0n) is 21.4. The minimum atomic E-state index is 0.139. The molecule has 7 nitrogen and oxygen atoms in total. The molecule has 0 bridgehead atoms. The molecule has 4 aromatic heterocycles. The van der Waals surface area contributed by atoms with Crippen LogP contribution in [0.15, 0.2) is 55.2 Å². The van der Waals surface area contributed by atoms with Crippen molar-refractivity contribution in [3.63, 3.8) is 0 Å². The summed E-state index contributed by atoms with van der Waals surface area (Å²) < 4.78 is 12.5. The predicted molar refractivity (Wildman–Crippen MR) is 144 cm³/mol. The summed E-state index contributed by atoms with van der Waals surface area (Å²) in [6, 6.07) is 15.3. The summed E-state index contributed by atoms with van der Waals surface area (Å²) >= 11 is 0. The van der Waals surface area contributed by atoms with Crippen LogP contribution in [0.5, 0.6) is 0 Å². The van der Waals surface area contributed by atoms with Gasteiger partial charge >= 0.3 is 0 Å². The van der Waals surface area contributed by atoms with Crippen molar-refractivity contribution in [1.29, 1.82) is 0 Å². The van der Waals surface area contributed by atoms with Gasteiger partial charge in [-0.1, -0.05) is 42.1 Å². The number of allylic oxidation sites excluding steroid dienone is 1. The highest BCUT2D eigenvalue weighted by atomic mass is 16.5. The van der Waals surface area contributed by atoms with Crippen LogP contribution in [-0.2, 0) is 18.8 Å². The normalized spacial score (nSPS) is 15.7. The van der Waals surface area contributed by atoms with Gasteiger partial charge < -0.3 is 13.9 Å². The zero-order valence-corrected chi connectivity index (χ0v) is 21.4. The van der Waals surface area contributed by atoms with Crippen molar-refractivity contribution in [3.8, 4) is 11.3 Å². The van der Waals surface area contributed by atoms with Crippen molar-refractivity contribution in [1.82, 2.24) is 29.1 Å². The Labute approximate surface area is 211 Å². The molecule has 1 aromatic carbocycles. The zero-order chi connectivity index (χ0) is 25.0. The smallest absolute Gasteiger partial charge is 0.112 e. The molecule has 1 unspecified atom stereocenters. The summed E-state index contributed by atoms with van der Waals surface area (Å²) in [5, 5.41) is 8.79. The van der Waals surface area contributed by atoms with Crippen molar-refractivity contribution in [2.24, 2.45) is 20.0 Å². The topological polar surface area (TPSA) is 62.7 Å². The molecule has 184 valence electrons. The van der Waals surface area contributed by atoms with Crippen LogP contribution in [0.2, 0.25) is 0 Å². The van der Waals surface area contributed by atoms with Gasteiger partial charge in [-0.05, 0) is 55.9 Å². The molecule has 1 atom stereocenters. The highest BCUT2D eigenvalue weighted by Crippen LogP contribution is 2.46. The second-order valence-electron chi connectivity index (χ2n) is 9.95. The van der Waals surface area contributed by atoms with E-state index in [0.29, 0.717) is 5.92 Å². The minimum Gasteiger partial charge on any atom is -0.381 e. The standard InChI is InChI=1S/C29H32N6O/c1-18(2)25-23(26-19(3)31-32-34(26)5)28-29(33(25)4)24-22(12-9-15-30-24)35(28)27(20-10-7-6-8-11-20)21-13-16-36-17-14-21/h6-12,15,21,27H,1,13-14,16-17H2,2-5H3. The van der Waals surface area contributed by atoms with Gasteiger partial charge in [0.05, 0.1) is 45.2 Å². The highest BCUT2D eigenvalue weighted by Gasteiger charge is 2.34. The van der Waals surface area contributed by atoms with E-state index >= 15 is 0 Å². The first-order valence-corrected chi connectivity index (χ1v) is 12.6. The third-order valence-electron chi connectivity index (χ3n) is 7.65. The summed E-state index contributed by atoms with van der Waals surface area (Å²) in [6.45, 7) is 10.1. The maximum absolute atomic E-state index is 5.79. The summed E-state index contributed by atoms with van der Waals surface area (Å²) in [6.07, 6.45) is 3.92. The summed E-state index contributed by atoms with van der Waals surface area (Å²) in [7, 11) is 4.09. The molecule has 0 N–H and O–H groups in total. The Morgan fingerprint density at radius 2 is 1.81 bits per heavy atom. The molecular weight excluding hydrogens is 448 g/mol. The summed E-state index contributed by atoms with van der Waals surface area (Å²) in [4.78, 5) is 4.92. The van der Waals surface area contributed by atoms with E-state index in [0.717, 1.165) is 76.3 Å². The number of benzene rings is 1. The maximum atomic E-state index is 5.79. The average Bonchev–Trinajstić information content (AvgIpc) is 3.50. The van der Waals surface area contributed by atoms with Gasteiger partial charge in [0.1, 0.15) is 5.52 Å². The molecule has 5 heterocycles. The van der Waals surface area contributed by atoms with Gasteiger partial charge in [-0.25, -0.2) is 4.68 Å². The van der Waals surface area contributed by atoms with Crippen LogP contribution in [0, 0.1) is 12.8 Å². The van der Waals surface area contributed by atoms with Crippen LogP contribution in [0.4, 0.5) is 0 Å². The van der Waals surface area contributed by atoms with E-state index in [-0.39, 0.29) is 6.04 Å². The van der Waals surface area contributed by atoms with Crippen LogP contribution in [0.25, 0.3) is 38.9 Å². The Morgan fingerprint density at radius 1 is 1.06 bits per heavy atom. The van der Waals surface area contributed by atoms with E-state index in [1.165, 1.54) is 5.56 Å². The molecule has 0 spiro atoms. The number of fused-ring (bicyclic) bond motifs is 3. The van der Waals surface area contributed by atoms with Crippen LogP contribution in [-0.4, -0.2) is 42.3 Å². The fraction of sp³-hybridized carbons (Fsp3) is 0.345. The van der Waals surface area contributed by atoms with Crippen molar-refractivity contribution in [2.75, 3.05) is 13.2 Å². The second-order valence-corrected chi connectivity index (χ2v) is 9.95. The molecule has 0 aliphatic carbocycles. The monoisotopic (exact) mass is 480 g/mol. The lowest BCUT2D eigenvalue weighted by Gasteiger charge is -2.33. The van der Waals surface area contributed by atoms with Crippen LogP contribution < -0.4 is 0 Å². The van der Waals surface area contributed by atoms with Crippen molar-refractivity contribution in [3.05, 3.63) is 72.2 Å². The lowest BCUT2D eigenvalue weighted by atomic mass is 9.86. The molecule has 36 heavy (non-hydrogen) atoms. The van der Waals surface area contributed by atoms with E-state index in [2.05, 4.69) is 76.4 Å². The number of aryl methyl sites for hydroxylation is 3. The van der Waals surface area contributed by atoms with Gasteiger partial charge in [-0.3, -0.25) is 4.98 Å². The molecular formula is C29H32N6O. The first-order chi connectivity index (χ1) is 17.5. The molecule has 1 aliphatic heterocycles. The quantitative estimate of drug-likeness (QED) is 0.325. The largest absolute Gasteiger partial charge is 0.381 e. The van der Waals surface area contributed by atoms with Gasteiger partial charge in [-0.2, -0.15) is 0 Å². The predicted octanol–water partition coefficient (Wildman–Crippen LogP) is 5.68. The molecule has 7 heteroatoms. The fourth-order valence-electron chi connectivity index (χ4n) is 6.20. The lowest BCUT2D eigenvalue weighted by Crippen LogP contribution is -2.27. The van der Waals surface area contributed by atoms with Crippen LogP contribution >= 0.6 is 0 Å². The molecule has 5 aromatic rings.